The fourth-order valence-electron chi connectivity index (χ4n) is 2.27. The summed E-state index contributed by atoms with van der Waals surface area (Å²) in [4.78, 5) is 2.51. The van der Waals surface area contributed by atoms with Gasteiger partial charge in [-0.1, -0.05) is 6.92 Å². The number of rotatable bonds is 4. The van der Waals surface area contributed by atoms with E-state index in [0.717, 1.165) is 25.6 Å². The van der Waals surface area contributed by atoms with E-state index >= 15 is 0 Å². The van der Waals surface area contributed by atoms with Crippen molar-refractivity contribution in [3.63, 3.8) is 0 Å². The molecular formula is C12H22N2. The number of nitrogens with zero attached hydrogens (tertiary/aromatic N) is 1. The van der Waals surface area contributed by atoms with Crippen LogP contribution in [0.2, 0.25) is 0 Å². The summed E-state index contributed by atoms with van der Waals surface area (Å²) in [5, 5.41) is 0. The standard InChI is InChI=1S/C12H22N2/c1-3-5-10-14(4-2)12-8-6-11(13)7-9-12/h1,11-12H,4-10,13H2,2H3. The van der Waals surface area contributed by atoms with Crippen LogP contribution in [0.5, 0.6) is 0 Å². The zero-order valence-electron chi connectivity index (χ0n) is 9.21. The van der Waals surface area contributed by atoms with Crippen LogP contribution in [0.25, 0.3) is 0 Å². The zero-order chi connectivity index (χ0) is 10.4. The van der Waals surface area contributed by atoms with Crippen molar-refractivity contribution < 1.29 is 0 Å². The molecule has 0 bridgehead atoms. The Morgan fingerprint density at radius 2 is 2.00 bits per heavy atom. The lowest BCUT2D eigenvalue weighted by molar-refractivity contribution is 0.160. The smallest absolute Gasteiger partial charge is 0.0214 e. The highest BCUT2D eigenvalue weighted by atomic mass is 15.1. The minimum absolute atomic E-state index is 0.442. The third-order valence-electron chi connectivity index (χ3n) is 3.21. The molecule has 2 nitrogen and oxygen atoms in total. The number of hydrogen-bond acceptors (Lipinski definition) is 2. The van der Waals surface area contributed by atoms with Crippen molar-refractivity contribution in [2.24, 2.45) is 5.73 Å². The molecule has 0 heterocycles. The zero-order valence-corrected chi connectivity index (χ0v) is 9.21. The first kappa shape index (κ1) is 11.6. The summed E-state index contributed by atoms with van der Waals surface area (Å²) < 4.78 is 0. The van der Waals surface area contributed by atoms with E-state index in [2.05, 4.69) is 17.7 Å². The molecule has 1 rings (SSSR count). The van der Waals surface area contributed by atoms with Crippen LogP contribution in [0.15, 0.2) is 0 Å². The Labute approximate surface area is 87.8 Å². The van der Waals surface area contributed by atoms with Gasteiger partial charge >= 0.3 is 0 Å². The topological polar surface area (TPSA) is 29.3 Å². The molecule has 14 heavy (non-hydrogen) atoms. The van der Waals surface area contributed by atoms with Crippen LogP contribution in [0, 0.1) is 12.3 Å². The van der Waals surface area contributed by atoms with Gasteiger partial charge in [-0.2, -0.15) is 0 Å². The molecule has 1 saturated carbocycles. The lowest BCUT2D eigenvalue weighted by Crippen LogP contribution is -2.41. The van der Waals surface area contributed by atoms with E-state index in [1.54, 1.807) is 0 Å². The van der Waals surface area contributed by atoms with Crippen LogP contribution >= 0.6 is 0 Å². The first-order chi connectivity index (χ1) is 6.77. The molecule has 0 amide bonds. The normalized spacial score (nSPS) is 27.6. The minimum Gasteiger partial charge on any atom is -0.328 e. The summed E-state index contributed by atoms with van der Waals surface area (Å²) in [6, 6.07) is 1.17. The maximum Gasteiger partial charge on any atom is 0.0214 e. The molecule has 0 spiro atoms. The van der Waals surface area contributed by atoms with Crippen molar-refractivity contribution in [3.8, 4) is 12.3 Å². The summed E-state index contributed by atoms with van der Waals surface area (Å²) in [6.07, 6.45) is 11.0. The molecule has 1 aliphatic rings. The van der Waals surface area contributed by atoms with Crippen LogP contribution in [0.3, 0.4) is 0 Å². The molecule has 0 unspecified atom stereocenters. The van der Waals surface area contributed by atoms with Crippen molar-refractivity contribution in [1.82, 2.24) is 4.90 Å². The SMILES string of the molecule is C#CCCN(CC)C1CCC(N)CC1. The molecule has 2 N–H and O–H groups in total. The Bertz CT molecular complexity index is 187. The summed E-state index contributed by atoms with van der Waals surface area (Å²) in [5.41, 5.74) is 5.89. The van der Waals surface area contributed by atoms with Crippen LogP contribution in [0.1, 0.15) is 39.0 Å². The van der Waals surface area contributed by atoms with Crippen molar-refractivity contribution in [3.05, 3.63) is 0 Å². The summed E-state index contributed by atoms with van der Waals surface area (Å²) in [5.74, 6) is 2.71. The molecule has 0 atom stereocenters. The molecule has 80 valence electrons. The number of nitrogens with two attached hydrogens (primary N) is 1. The molecular weight excluding hydrogens is 172 g/mol. The average molecular weight is 194 g/mol. The van der Waals surface area contributed by atoms with Crippen molar-refractivity contribution in [2.75, 3.05) is 13.1 Å². The molecule has 1 fully saturated rings. The third-order valence-corrected chi connectivity index (χ3v) is 3.21. The second-order valence-corrected chi connectivity index (χ2v) is 4.15. The Morgan fingerprint density at radius 1 is 1.36 bits per heavy atom. The third kappa shape index (κ3) is 3.32. The van der Waals surface area contributed by atoms with Gasteiger partial charge in [0.2, 0.25) is 0 Å². The maximum absolute atomic E-state index is 5.89. The van der Waals surface area contributed by atoms with E-state index in [9.17, 15) is 0 Å². The van der Waals surface area contributed by atoms with Gasteiger partial charge in [0.25, 0.3) is 0 Å². The van der Waals surface area contributed by atoms with E-state index in [0.29, 0.717) is 6.04 Å². The van der Waals surface area contributed by atoms with E-state index in [1.807, 2.05) is 0 Å². The highest BCUT2D eigenvalue weighted by Crippen LogP contribution is 2.21. The van der Waals surface area contributed by atoms with Crippen molar-refractivity contribution >= 4 is 0 Å². The van der Waals surface area contributed by atoms with Crippen molar-refractivity contribution in [1.29, 1.82) is 0 Å². The fraction of sp³-hybridized carbons (Fsp3) is 0.833. The summed E-state index contributed by atoms with van der Waals surface area (Å²) in [6.45, 7) is 4.37. The predicted molar refractivity (Wildman–Crippen MR) is 60.9 cm³/mol. The molecule has 0 aromatic heterocycles. The summed E-state index contributed by atoms with van der Waals surface area (Å²) >= 11 is 0. The molecule has 0 radical (unpaired) electrons. The van der Waals surface area contributed by atoms with Crippen molar-refractivity contribution in [2.45, 2.75) is 51.1 Å². The lowest BCUT2D eigenvalue weighted by atomic mass is 9.90. The van der Waals surface area contributed by atoms with E-state index in [1.165, 1.54) is 25.7 Å². The number of hydrogen-bond donors (Lipinski definition) is 1. The van der Waals surface area contributed by atoms with Crippen LogP contribution in [-0.4, -0.2) is 30.1 Å². The first-order valence-electron chi connectivity index (χ1n) is 5.71. The minimum atomic E-state index is 0.442. The second kappa shape index (κ2) is 6.06. The van der Waals surface area contributed by atoms with E-state index < -0.39 is 0 Å². The molecule has 1 aliphatic carbocycles. The highest BCUT2D eigenvalue weighted by molar-refractivity contribution is 4.87. The van der Waals surface area contributed by atoms with Gasteiger partial charge in [0, 0.05) is 25.0 Å². The predicted octanol–water partition coefficient (Wildman–Crippen LogP) is 1.60. The Balaban J connectivity index is 2.33. The fourth-order valence-corrected chi connectivity index (χ4v) is 2.27. The van der Waals surface area contributed by atoms with Gasteiger partial charge in [0.1, 0.15) is 0 Å². The molecule has 0 aromatic rings. The van der Waals surface area contributed by atoms with E-state index in [4.69, 9.17) is 12.2 Å². The molecule has 2 heteroatoms. The van der Waals surface area contributed by atoms with Crippen LogP contribution in [0.4, 0.5) is 0 Å². The lowest BCUT2D eigenvalue weighted by Gasteiger charge is -2.35. The largest absolute Gasteiger partial charge is 0.328 e. The van der Waals surface area contributed by atoms with Gasteiger partial charge < -0.3 is 5.73 Å². The average Bonchev–Trinajstić information content (AvgIpc) is 2.21. The maximum atomic E-state index is 5.89. The summed E-state index contributed by atoms with van der Waals surface area (Å²) in [7, 11) is 0. The number of terminal acetylenes is 1. The second-order valence-electron chi connectivity index (χ2n) is 4.15. The first-order valence-corrected chi connectivity index (χ1v) is 5.71. The molecule has 0 aromatic carbocycles. The van der Waals surface area contributed by atoms with Gasteiger partial charge in [-0.25, -0.2) is 0 Å². The van der Waals surface area contributed by atoms with Crippen LogP contribution in [-0.2, 0) is 0 Å². The van der Waals surface area contributed by atoms with Gasteiger partial charge in [-0.15, -0.1) is 12.3 Å². The highest BCUT2D eigenvalue weighted by Gasteiger charge is 2.22. The van der Waals surface area contributed by atoms with Gasteiger partial charge in [-0.05, 0) is 32.2 Å². The Kier molecular flexibility index (Phi) is 5.00. The van der Waals surface area contributed by atoms with E-state index in [-0.39, 0.29) is 0 Å². The van der Waals surface area contributed by atoms with Crippen LogP contribution < -0.4 is 5.73 Å². The Morgan fingerprint density at radius 3 is 2.50 bits per heavy atom. The monoisotopic (exact) mass is 194 g/mol. The Hall–Kier alpha value is -0.520. The van der Waals surface area contributed by atoms with Gasteiger partial charge in [0.15, 0.2) is 0 Å². The quantitative estimate of drug-likeness (QED) is 0.689. The van der Waals surface area contributed by atoms with Gasteiger partial charge in [0.05, 0.1) is 0 Å². The molecule has 0 saturated heterocycles. The molecule has 0 aliphatic heterocycles. The van der Waals surface area contributed by atoms with Gasteiger partial charge in [-0.3, -0.25) is 4.90 Å².